The number of nitrogens with zero attached hydrogens (tertiary/aromatic N) is 2. The zero-order chi connectivity index (χ0) is 11.4. The van der Waals surface area contributed by atoms with Gasteiger partial charge in [0, 0.05) is 18.0 Å². The van der Waals surface area contributed by atoms with Crippen LogP contribution in [0.25, 0.3) is 11.1 Å². The van der Waals surface area contributed by atoms with Gasteiger partial charge in [-0.1, -0.05) is 0 Å². The number of hydrogen-bond donors (Lipinski definition) is 1. The SMILES string of the molecule is CCOc1cncc(-c2cnc[nH]c2=O)c1. The van der Waals surface area contributed by atoms with Crippen molar-refractivity contribution in [1.82, 2.24) is 15.0 Å². The first kappa shape index (κ1) is 10.4. The smallest absolute Gasteiger partial charge is 0.258 e. The second-order valence-corrected chi connectivity index (χ2v) is 3.14. The average Bonchev–Trinajstić information content (AvgIpc) is 2.30. The van der Waals surface area contributed by atoms with E-state index in [0.29, 0.717) is 23.5 Å². The largest absolute Gasteiger partial charge is 0.492 e. The summed E-state index contributed by atoms with van der Waals surface area (Å²) in [7, 11) is 0. The van der Waals surface area contributed by atoms with Gasteiger partial charge in [-0.3, -0.25) is 9.78 Å². The first-order valence-corrected chi connectivity index (χ1v) is 4.92. The van der Waals surface area contributed by atoms with Crippen molar-refractivity contribution in [3.8, 4) is 16.9 Å². The molecular formula is C11H11N3O2. The Morgan fingerprint density at radius 1 is 1.31 bits per heavy atom. The third-order valence-electron chi connectivity index (χ3n) is 2.05. The molecule has 0 saturated carbocycles. The fraction of sp³-hybridized carbons (Fsp3) is 0.182. The van der Waals surface area contributed by atoms with Crippen LogP contribution in [0.1, 0.15) is 6.92 Å². The van der Waals surface area contributed by atoms with E-state index in [1.54, 1.807) is 18.5 Å². The van der Waals surface area contributed by atoms with E-state index >= 15 is 0 Å². The van der Waals surface area contributed by atoms with Crippen molar-refractivity contribution in [1.29, 1.82) is 0 Å². The molecule has 0 radical (unpaired) electrons. The molecule has 0 aliphatic rings. The molecule has 0 aliphatic heterocycles. The van der Waals surface area contributed by atoms with Crippen LogP contribution >= 0.6 is 0 Å². The van der Waals surface area contributed by atoms with Crippen molar-refractivity contribution >= 4 is 0 Å². The van der Waals surface area contributed by atoms with Gasteiger partial charge in [0.25, 0.3) is 5.56 Å². The molecule has 0 amide bonds. The van der Waals surface area contributed by atoms with Gasteiger partial charge in [-0.25, -0.2) is 4.98 Å². The number of rotatable bonds is 3. The summed E-state index contributed by atoms with van der Waals surface area (Å²) in [5.74, 6) is 0.642. The molecule has 2 aromatic rings. The Morgan fingerprint density at radius 3 is 2.94 bits per heavy atom. The van der Waals surface area contributed by atoms with Crippen molar-refractivity contribution in [2.75, 3.05) is 6.61 Å². The molecule has 2 heterocycles. The van der Waals surface area contributed by atoms with E-state index in [9.17, 15) is 4.79 Å². The van der Waals surface area contributed by atoms with E-state index in [2.05, 4.69) is 15.0 Å². The predicted octanol–water partition coefficient (Wildman–Crippen LogP) is 1.23. The topological polar surface area (TPSA) is 67.9 Å². The summed E-state index contributed by atoms with van der Waals surface area (Å²) < 4.78 is 5.31. The number of hydrogen-bond acceptors (Lipinski definition) is 4. The standard InChI is InChI=1S/C11H11N3O2/c1-2-16-9-3-8(4-12-5-9)10-6-13-7-14-11(10)15/h3-7H,2H2,1H3,(H,13,14,15). The number of pyridine rings is 1. The molecule has 0 fully saturated rings. The van der Waals surface area contributed by atoms with E-state index in [4.69, 9.17) is 4.74 Å². The van der Waals surface area contributed by atoms with Gasteiger partial charge in [-0.15, -0.1) is 0 Å². The van der Waals surface area contributed by atoms with Crippen LogP contribution in [0.5, 0.6) is 5.75 Å². The summed E-state index contributed by atoms with van der Waals surface area (Å²) in [6.45, 7) is 2.46. The van der Waals surface area contributed by atoms with Gasteiger partial charge in [0.1, 0.15) is 5.75 Å². The zero-order valence-electron chi connectivity index (χ0n) is 8.80. The number of nitrogens with one attached hydrogen (secondary N) is 1. The normalized spacial score (nSPS) is 10.1. The van der Waals surface area contributed by atoms with Gasteiger partial charge < -0.3 is 9.72 Å². The lowest BCUT2D eigenvalue weighted by Crippen LogP contribution is -2.08. The molecular weight excluding hydrogens is 206 g/mol. The van der Waals surface area contributed by atoms with Crippen LogP contribution in [0, 0.1) is 0 Å². The predicted molar refractivity (Wildman–Crippen MR) is 59.3 cm³/mol. The van der Waals surface area contributed by atoms with Crippen molar-refractivity contribution in [3.63, 3.8) is 0 Å². The number of H-pyrrole nitrogens is 1. The average molecular weight is 217 g/mol. The number of aromatic nitrogens is 3. The highest BCUT2D eigenvalue weighted by molar-refractivity contribution is 5.61. The quantitative estimate of drug-likeness (QED) is 0.839. The Balaban J connectivity index is 2.45. The van der Waals surface area contributed by atoms with Crippen molar-refractivity contribution in [3.05, 3.63) is 41.3 Å². The zero-order valence-corrected chi connectivity index (χ0v) is 8.80. The minimum atomic E-state index is -0.189. The fourth-order valence-electron chi connectivity index (χ4n) is 1.36. The maximum absolute atomic E-state index is 11.5. The summed E-state index contributed by atoms with van der Waals surface area (Å²) in [5, 5.41) is 0. The van der Waals surface area contributed by atoms with Crippen molar-refractivity contribution in [2.45, 2.75) is 6.92 Å². The highest BCUT2D eigenvalue weighted by Gasteiger charge is 2.04. The van der Waals surface area contributed by atoms with E-state index in [1.807, 2.05) is 6.92 Å². The molecule has 2 aromatic heterocycles. The summed E-state index contributed by atoms with van der Waals surface area (Å²) >= 11 is 0. The molecule has 82 valence electrons. The second-order valence-electron chi connectivity index (χ2n) is 3.14. The van der Waals surface area contributed by atoms with Crippen LogP contribution in [0.4, 0.5) is 0 Å². The number of ether oxygens (including phenoxy) is 1. The van der Waals surface area contributed by atoms with Crippen LogP contribution < -0.4 is 10.3 Å². The lowest BCUT2D eigenvalue weighted by Gasteiger charge is -2.04. The van der Waals surface area contributed by atoms with Gasteiger partial charge in [-0.2, -0.15) is 0 Å². The Labute approximate surface area is 92.2 Å². The minimum Gasteiger partial charge on any atom is -0.492 e. The van der Waals surface area contributed by atoms with Gasteiger partial charge in [0.15, 0.2) is 0 Å². The van der Waals surface area contributed by atoms with Crippen molar-refractivity contribution in [2.24, 2.45) is 0 Å². The van der Waals surface area contributed by atoms with Crippen molar-refractivity contribution < 1.29 is 4.74 Å². The maximum Gasteiger partial charge on any atom is 0.258 e. The van der Waals surface area contributed by atoms with Crippen LogP contribution in [0.2, 0.25) is 0 Å². The van der Waals surface area contributed by atoms with E-state index in [0.717, 1.165) is 0 Å². The Kier molecular flexibility index (Phi) is 2.95. The van der Waals surface area contributed by atoms with Gasteiger partial charge >= 0.3 is 0 Å². The third kappa shape index (κ3) is 2.08. The Hall–Kier alpha value is -2.17. The summed E-state index contributed by atoms with van der Waals surface area (Å²) in [6.07, 6.45) is 6.07. The van der Waals surface area contributed by atoms with Crippen LogP contribution in [-0.2, 0) is 0 Å². The molecule has 2 rings (SSSR count). The summed E-state index contributed by atoms with van der Waals surface area (Å²) in [6, 6.07) is 1.77. The second kappa shape index (κ2) is 4.57. The third-order valence-corrected chi connectivity index (χ3v) is 2.05. The highest BCUT2D eigenvalue weighted by atomic mass is 16.5. The minimum absolute atomic E-state index is 0.189. The van der Waals surface area contributed by atoms with Gasteiger partial charge in [0.2, 0.25) is 0 Å². The van der Waals surface area contributed by atoms with E-state index < -0.39 is 0 Å². The van der Waals surface area contributed by atoms with Gasteiger partial charge in [-0.05, 0) is 13.0 Å². The molecule has 0 aliphatic carbocycles. The lowest BCUT2D eigenvalue weighted by molar-refractivity contribution is 0.339. The molecule has 5 nitrogen and oxygen atoms in total. The lowest BCUT2D eigenvalue weighted by atomic mass is 10.1. The number of aromatic amines is 1. The molecule has 5 heteroatoms. The van der Waals surface area contributed by atoms with E-state index in [1.165, 1.54) is 12.5 Å². The first-order valence-electron chi connectivity index (χ1n) is 4.92. The Morgan fingerprint density at radius 2 is 2.19 bits per heavy atom. The fourth-order valence-corrected chi connectivity index (χ4v) is 1.36. The molecule has 0 atom stereocenters. The van der Waals surface area contributed by atoms with Crippen LogP contribution in [-0.4, -0.2) is 21.6 Å². The molecule has 0 bridgehead atoms. The van der Waals surface area contributed by atoms with Crippen LogP contribution in [0.3, 0.4) is 0 Å². The summed E-state index contributed by atoms with van der Waals surface area (Å²) in [4.78, 5) is 21.9. The molecule has 1 N–H and O–H groups in total. The summed E-state index contributed by atoms with van der Waals surface area (Å²) in [5.41, 5.74) is 0.988. The molecule has 16 heavy (non-hydrogen) atoms. The monoisotopic (exact) mass is 217 g/mol. The highest BCUT2D eigenvalue weighted by Crippen LogP contribution is 2.18. The maximum atomic E-state index is 11.5. The van der Waals surface area contributed by atoms with E-state index in [-0.39, 0.29) is 5.56 Å². The first-order chi connectivity index (χ1) is 7.81. The molecule has 0 spiro atoms. The Bertz CT molecular complexity index is 537. The van der Waals surface area contributed by atoms with Gasteiger partial charge in [0.05, 0.1) is 24.7 Å². The molecule has 0 saturated heterocycles. The van der Waals surface area contributed by atoms with Crippen LogP contribution in [0.15, 0.2) is 35.8 Å². The molecule has 0 unspecified atom stereocenters. The molecule has 0 aromatic carbocycles.